The van der Waals surface area contributed by atoms with Crippen LogP contribution in [0, 0.1) is 0 Å². The number of nitrogens with zero attached hydrogens (tertiary/aromatic N) is 1. The van der Waals surface area contributed by atoms with Crippen molar-refractivity contribution >= 4 is 17.3 Å². The Bertz CT molecular complexity index is 448. The van der Waals surface area contributed by atoms with Gasteiger partial charge in [-0.1, -0.05) is 11.6 Å². The predicted molar refractivity (Wildman–Crippen MR) is 60.4 cm³/mol. The van der Waals surface area contributed by atoms with Gasteiger partial charge in [0.1, 0.15) is 0 Å². The lowest BCUT2D eigenvalue weighted by Crippen LogP contribution is -2.09. The maximum Gasteiger partial charge on any atom is 0.417 e. The number of benzene rings is 1. The molecule has 0 radical (unpaired) electrons. The van der Waals surface area contributed by atoms with E-state index in [-0.39, 0.29) is 5.02 Å². The van der Waals surface area contributed by atoms with Crippen LogP contribution in [0.15, 0.2) is 18.2 Å². The summed E-state index contributed by atoms with van der Waals surface area (Å²) in [6.45, 7) is 0. The molecule has 1 saturated carbocycles. The predicted octanol–water partition coefficient (Wildman–Crippen LogP) is 4.10. The van der Waals surface area contributed by atoms with Crippen LogP contribution < -0.4 is 4.90 Å². The van der Waals surface area contributed by atoms with Crippen molar-refractivity contribution in [1.29, 1.82) is 0 Å². The number of piperidine rings is 1. The zero-order valence-electron chi connectivity index (χ0n) is 8.97. The smallest absolute Gasteiger partial charge is 0.361 e. The number of hydrogen-bond acceptors (Lipinski definition) is 1. The van der Waals surface area contributed by atoms with E-state index < -0.39 is 11.7 Å². The molecule has 1 heterocycles. The third-order valence-electron chi connectivity index (χ3n) is 3.62. The maximum absolute atomic E-state index is 12.7. The van der Waals surface area contributed by atoms with E-state index in [1.807, 2.05) is 0 Å². The highest BCUT2D eigenvalue weighted by atomic mass is 35.5. The van der Waals surface area contributed by atoms with E-state index in [9.17, 15) is 13.2 Å². The van der Waals surface area contributed by atoms with Crippen LogP contribution in [0.3, 0.4) is 0 Å². The molecule has 1 aromatic carbocycles. The number of alkyl halides is 3. The first-order valence-electron chi connectivity index (χ1n) is 5.63. The lowest BCUT2D eigenvalue weighted by Gasteiger charge is -2.14. The second kappa shape index (κ2) is 3.55. The summed E-state index contributed by atoms with van der Waals surface area (Å²) >= 11 is 5.59. The summed E-state index contributed by atoms with van der Waals surface area (Å²) in [5.41, 5.74) is -0.0851. The summed E-state index contributed by atoms with van der Waals surface area (Å²) in [5, 5.41) is -0.228. The normalized spacial score (nSPS) is 27.2. The van der Waals surface area contributed by atoms with Gasteiger partial charge in [-0.25, -0.2) is 0 Å². The van der Waals surface area contributed by atoms with Crippen LogP contribution in [0.5, 0.6) is 0 Å². The number of anilines is 1. The SMILES string of the molecule is FC(F)(F)c1cc(N2C3CCCC32)ccc1Cl. The Balaban J connectivity index is 1.92. The topological polar surface area (TPSA) is 3.01 Å². The van der Waals surface area contributed by atoms with Gasteiger partial charge in [-0.15, -0.1) is 0 Å². The highest BCUT2D eigenvalue weighted by Crippen LogP contribution is 2.47. The summed E-state index contributed by atoms with van der Waals surface area (Å²) in [7, 11) is 0. The van der Waals surface area contributed by atoms with Crippen molar-refractivity contribution in [2.75, 3.05) is 4.90 Å². The molecule has 2 atom stereocenters. The van der Waals surface area contributed by atoms with Crippen molar-refractivity contribution in [2.45, 2.75) is 37.5 Å². The molecule has 0 spiro atoms. The Labute approximate surface area is 102 Å². The average molecular weight is 262 g/mol. The molecule has 1 saturated heterocycles. The minimum absolute atomic E-state index is 0.228. The third kappa shape index (κ3) is 1.79. The molecule has 92 valence electrons. The molecule has 5 heteroatoms. The fourth-order valence-corrected chi connectivity index (χ4v) is 3.03. The second-order valence-electron chi connectivity index (χ2n) is 4.63. The number of rotatable bonds is 1. The monoisotopic (exact) mass is 261 g/mol. The number of hydrogen-bond donors (Lipinski definition) is 0. The molecule has 0 bridgehead atoms. The minimum Gasteiger partial charge on any atom is -0.361 e. The molecular weight excluding hydrogens is 251 g/mol. The van der Waals surface area contributed by atoms with E-state index in [1.54, 1.807) is 6.07 Å². The van der Waals surface area contributed by atoms with Crippen LogP contribution in [0.25, 0.3) is 0 Å². The van der Waals surface area contributed by atoms with Gasteiger partial charge in [-0.3, -0.25) is 0 Å². The minimum atomic E-state index is -4.38. The highest BCUT2D eigenvalue weighted by molar-refractivity contribution is 6.31. The van der Waals surface area contributed by atoms with Crippen molar-refractivity contribution < 1.29 is 13.2 Å². The van der Waals surface area contributed by atoms with Crippen molar-refractivity contribution in [3.8, 4) is 0 Å². The van der Waals surface area contributed by atoms with Crippen molar-refractivity contribution in [2.24, 2.45) is 0 Å². The van der Waals surface area contributed by atoms with Gasteiger partial charge in [0.05, 0.1) is 10.6 Å². The summed E-state index contributed by atoms with van der Waals surface area (Å²) < 4.78 is 38.1. The van der Waals surface area contributed by atoms with Crippen LogP contribution in [0.2, 0.25) is 5.02 Å². The lowest BCUT2D eigenvalue weighted by atomic mass is 10.2. The van der Waals surface area contributed by atoms with E-state index >= 15 is 0 Å². The van der Waals surface area contributed by atoms with Gasteiger partial charge in [-0.2, -0.15) is 13.2 Å². The standard InChI is InChI=1S/C12H11ClF3N/c13-9-5-4-7(6-8(9)12(14,15)16)17-10-2-1-3-11(10)17/h4-6,10-11H,1-3H2. The van der Waals surface area contributed by atoms with Gasteiger partial charge in [0.25, 0.3) is 0 Å². The zero-order valence-corrected chi connectivity index (χ0v) is 9.72. The number of fused-ring (bicyclic) bond motifs is 1. The first-order valence-corrected chi connectivity index (χ1v) is 6.01. The maximum atomic E-state index is 12.7. The fraction of sp³-hybridized carbons (Fsp3) is 0.500. The molecule has 2 unspecified atom stereocenters. The van der Waals surface area contributed by atoms with E-state index in [4.69, 9.17) is 11.6 Å². The van der Waals surface area contributed by atoms with Crippen molar-refractivity contribution in [3.05, 3.63) is 28.8 Å². The Morgan fingerprint density at radius 2 is 1.82 bits per heavy atom. The van der Waals surface area contributed by atoms with Gasteiger partial charge < -0.3 is 4.90 Å². The Morgan fingerprint density at radius 3 is 2.41 bits per heavy atom. The molecule has 1 aliphatic carbocycles. The van der Waals surface area contributed by atoms with Crippen LogP contribution in [-0.4, -0.2) is 12.1 Å². The summed E-state index contributed by atoms with van der Waals surface area (Å²) in [5.74, 6) is 0. The Morgan fingerprint density at radius 1 is 1.18 bits per heavy atom. The average Bonchev–Trinajstić information content (AvgIpc) is 2.72. The summed E-state index contributed by atoms with van der Waals surface area (Å²) in [4.78, 5) is 2.06. The first kappa shape index (κ1) is 11.2. The molecule has 1 aromatic rings. The van der Waals surface area contributed by atoms with E-state index in [1.165, 1.54) is 18.6 Å². The largest absolute Gasteiger partial charge is 0.417 e. The molecule has 3 rings (SSSR count). The molecule has 2 aliphatic rings. The zero-order chi connectivity index (χ0) is 12.2. The summed E-state index contributed by atoms with van der Waals surface area (Å²) in [6, 6.07) is 5.10. The van der Waals surface area contributed by atoms with Crippen molar-refractivity contribution in [3.63, 3.8) is 0 Å². The van der Waals surface area contributed by atoms with Gasteiger partial charge in [0, 0.05) is 17.8 Å². The molecule has 2 fully saturated rings. The first-order chi connectivity index (χ1) is 7.98. The fourth-order valence-electron chi connectivity index (χ4n) is 2.81. The molecule has 0 aromatic heterocycles. The van der Waals surface area contributed by atoms with Crippen LogP contribution in [0.1, 0.15) is 24.8 Å². The lowest BCUT2D eigenvalue weighted by molar-refractivity contribution is -0.137. The highest BCUT2D eigenvalue weighted by Gasteiger charge is 2.50. The van der Waals surface area contributed by atoms with E-state index in [0.29, 0.717) is 17.8 Å². The number of halogens is 4. The van der Waals surface area contributed by atoms with Gasteiger partial charge >= 0.3 is 6.18 Å². The van der Waals surface area contributed by atoms with E-state index in [0.717, 1.165) is 12.8 Å². The van der Waals surface area contributed by atoms with Crippen LogP contribution >= 0.6 is 11.6 Å². The van der Waals surface area contributed by atoms with E-state index in [2.05, 4.69) is 4.90 Å². The molecule has 1 nitrogen and oxygen atoms in total. The Hall–Kier alpha value is -0.900. The van der Waals surface area contributed by atoms with Gasteiger partial charge in [-0.05, 0) is 37.5 Å². The van der Waals surface area contributed by atoms with Gasteiger partial charge in [0.2, 0.25) is 0 Å². The molecule has 17 heavy (non-hydrogen) atoms. The van der Waals surface area contributed by atoms with Crippen molar-refractivity contribution in [1.82, 2.24) is 0 Å². The molecule has 0 N–H and O–H groups in total. The molecular formula is C12H11ClF3N. The van der Waals surface area contributed by atoms with Gasteiger partial charge in [0.15, 0.2) is 0 Å². The van der Waals surface area contributed by atoms with Crippen LogP contribution in [0.4, 0.5) is 18.9 Å². The molecule has 1 aliphatic heterocycles. The Kier molecular flexibility index (Phi) is 2.34. The second-order valence-corrected chi connectivity index (χ2v) is 5.04. The quantitative estimate of drug-likeness (QED) is 0.688. The third-order valence-corrected chi connectivity index (χ3v) is 3.95. The summed E-state index contributed by atoms with van der Waals surface area (Å²) in [6.07, 6.45) is -1.01. The van der Waals surface area contributed by atoms with Crippen LogP contribution in [-0.2, 0) is 6.18 Å². The molecule has 0 amide bonds.